The average molecular weight is 689 g/mol. The van der Waals surface area contributed by atoms with E-state index in [2.05, 4.69) is 60.2 Å². The first-order valence-electron chi connectivity index (χ1n) is 18.4. The summed E-state index contributed by atoms with van der Waals surface area (Å²) in [7, 11) is 0. The zero-order valence-corrected chi connectivity index (χ0v) is 31.1. The molecule has 0 aliphatic rings. The molecule has 1 atom stereocenters. The zero-order chi connectivity index (χ0) is 36.0. The van der Waals surface area contributed by atoms with Gasteiger partial charge in [-0.05, 0) is 113 Å². The Morgan fingerprint density at radius 2 is 1.30 bits per heavy atom. The van der Waals surface area contributed by atoms with Crippen LogP contribution in [-0.4, -0.2) is 49.7 Å². The number of alkyl carbamates (subject to hydrolysis) is 1. The molecule has 0 aliphatic heterocycles. The molecule has 1 aromatic heterocycles. The van der Waals surface area contributed by atoms with Crippen molar-refractivity contribution < 1.29 is 28.5 Å². The lowest BCUT2D eigenvalue weighted by molar-refractivity contribution is 0.110. The van der Waals surface area contributed by atoms with Gasteiger partial charge in [-0.1, -0.05) is 63.5 Å². The second kappa shape index (κ2) is 22.6. The van der Waals surface area contributed by atoms with Crippen molar-refractivity contribution in [2.75, 3.05) is 33.0 Å². The van der Waals surface area contributed by atoms with Crippen LogP contribution in [-0.2, 0) is 20.8 Å². The molecule has 0 radical (unpaired) electrons. The first kappa shape index (κ1) is 40.4. The molecule has 0 saturated carbocycles. The molecule has 274 valence electrons. The number of aromatic nitrogens is 1. The Hall–Kier alpha value is -4.04. The molecular formula is C42H60N2O6. The van der Waals surface area contributed by atoms with E-state index in [9.17, 15) is 4.79 Å². The fourth-order valence-corrected chi connectivity index (χ4v) is 5.51. The van der Waals surface area contributed by atoms with E-state index in [1.54, 1.807) is 6.20 Å². The summed E-state index contributed by atoms with van der Waals surface area (Å²) in [5.74, 6) is 2.63. The average Bonchev–Trinajstić information content (AvgIpc) is 3.10. The van der Waals surface area contributed by atoms with Crippen molar-refractivity contribution in [1.82, 2.24) is 10.3 Å². The van der Waals surface area contributed by atoms with E-state index >= 15 is 0 Å². The van der Waals surface area contributed by atoms with E-state index in [0.717, 1.165) is 68.1 Å². The summed E-state index contributed by atoms with van der Waals surface area (Å²) < 4.78 is 28.5. The summed E-state index contributed by atoms with van der Waals surface area (Å²) in [5, 5.41) is 2.79. The molecule has 3 aromatic rings. The molecule has 1 unspecified atom stereocenters. The van der Waals surface area contributed by atoms with Gasteiger partial charge >= 0.3 is 6.09 Å². The maximum Gasteiger partial charge on any atom is 0.407 e. The van der Waals surface area contributed by atoms with Gasteiger partial charge in [0.1, 0.15) is 29.6 Å². The predicted octanol–water partition coefficient (Wildman–Crippen LogP) is 10.3. The van der Waals surface area contributed by atoms with E-state index in [-0.39, 0.29) is 11.6 Å². The van der Waals surface area contributed by atoms with Crippen LogP contribution < -0.4 is 14.8 Å². The SMILES string of the molecule is C=C(OCC)c1cc(COc2ccc(C(CC)c3ccc(OCCCCCCCCOCCCCOC(=O)NC(C)(C)C)cc3)cc2)ccn1. The summed E-state index contributed by atoms with van der Waals surface area (Å²) in [6.45, 7) is 17.6. The number of pyridine rings is 1. The largest absolute Gasteiger partial charge is 0.494 e. The van der Waals surface area contributed by atoms with Crippen LogP contribution in [0.4, 0.5) is 4.79 Å². The molecule has 0 aliphatic carbocycles. The lowest BCUT2D eigenvalue weighted by Crippen LogP contribution is -2.41. The molecule has 1 N–H and O–H groups in total. The number of ether oxygens (including phenoxy) is 5. The molecule has 1 heterocycles. The van der Waals surface area contributed by atoms with Gasteiger partial charge in [0.15, 0.2) is 0 Å². The highest BCUT2D eigenvalue weighted by Gasteiger charge is 2.15. The molecule has 50 heavy (non-hydrogen) atoms. The fourth-order valence-electron chi connectivity index (χ4n) is 5.51. The fraction of sp³-hybridized carbons (Fsp3) is 0.524. The first-order chi connectivity index (χ1) is 24.2. The molecule has 3 rings (SSSR count). The third-order valence-corrected chi connectivity index (χ3v) is 8.15. The Morgan fingerprint density at radius 3 is 1.90 bits per heavy atom. The van der Waals surface area contributed by atoms with E-state index < -0.39 is 0 Å². The number of nitrogens with one attached hydrogen (secondary N) is 1. The monoisotopic (exact) mass is 688 g/mol. The van der Waals surface area contributed by atoms with Gasteiger partial charge in [-0.3, -0.25) is 4.98 Å². The standard InChI is InChI=1S/C42H60N2O6/c1-7-39(36-19-23-38(24-20-36)50-32-34-25-26-43-40(31-34)33(3)47-8-2)35-17-21-37(22-18-35)48-29-14-12-10-9-11-13-27-46-28-15-16-30-49-41(45)44-42(4,5)6/h17-26,31,39H,3,7-16,27-30,32H2,1-2,4-6H3,(H,44,45). The number of nitrogens with zero attached hydrogens (tertiary/aromatic N) is 1. The van der Waals surface area contributed by atoms with Crippen molar-refractivity contribution >= 4 is 11.9 Å². The quantitative estimate of drug-likeness (QED) is 0.0740. The van der Waals surface area contributed by atoms with Crippen molar-refractivity contribution in [1.29, 1.82) is 0 Å². The minimum atomic E-state index is -0.357. The maximum atomic E-state index is 11.6. The third kappa shape index (κ3) is 16.1. The summed E-state index contributed by atoms with van der Waals surface area (Å²) in [4.78, 5) is 16.0. The van der Waals surface area contributed by atoms with Gasteiger partial charge in [0.25, 0.3) is 0 Å². The van der Waals surface area contributed by atoms with Crippen LogP contribution in [0.15, 0.2) is 73.4 Å². The minimum absolute atomic E-state index is 0.273. The third-order valence-electron chi connectivity index (χ3n) is 8.15. The molecule has 1 amide bonds. The molecule has 0 spiro atoms. The van der Waals surface area contributed by atoms with E-state index in [4.69, 9.17) is 23.7 Å². The molecule has 0 saturated heterocycles. The van der Waals surface area contributed by atoms with E-state index in [0.29, 0.717) is 38.1 Å². The molecule has 2 aromatic carbocycles. The zero-order valence-electron chi connectivity index (χ0n) is 31.1. The number of benzene rings is 2. The molecule has 8 heteroatoms. The van der Waals surface area contributed by atoms with Gasteiger partial charge in [-0.25, -0.2) is 4.79 Å². The van der Waals surface area contributed by atoms with Gasteiger partial charge in [0, 0.05) is 30.9 Å². The van der Waals surface area contributed by atoms with E-state index in [1.165, 1.54) is 36.8 Å². The smallest absolute Gasteiger partial charge is 0.407 e. The first-order valence-corrected chi connectivity index (χ1v) is 18.4. The van der Waals surface area contributed by atoms with Crippen molar-refractivity contribution in [3.8, 4) is 11.5 Å². The van der Waals surface area contributed by atoms with Crippen LogP contribution in [0.3, 0.4) is 0 Å². The number of amides is 1. The number of carbonyl (C=O) groups excluding carboxylic acids is 1. The second-order valence-corrected chi connectivity index (χ2v) is 13.6. The van der Waals surface area contributed by atoms with Crippen LogP contribution in [0, 0.1) is 0 Å². The summed E-state index contributed by atoms with van der Waals surface area (Å²) in [6.07, 6.45) is 11.1. The number of rotatable bonds is 24. The molecule has 0 fully saturated rings. The van der Waals surface area contributed by atoms with Crippen molar-refractivity contribution in [3.63, 3.8) is 0 Å². The van der Waals surface area contributed by atoms with Crippen LogP contribution in [0.1, 0.15) is 121 Å². The van der Waals surface area contributed by atoms with Crippen LogP contribution in [0.5, 0.6) is 11.5 Å². The van der Waals surface area contributed by atoms with Gasteiger partial charge < -0.3 is 29.0 Å². The van der Waals surface area contributed by atoms with Crippen LogP contribution in [0.2, 0.25) is 0 Å². The van der Waals surface area contributed by atoms with Gasteiger partial charge in [0.05, 0.1) is 19.8 Å². The highest BCUT2D eigenvalue weighted by atomic mass is 16.5. The molecule has 8 nitrogen and oxygen atoms in total. The van der Waals surface area contributed by atoms with Gasteiger partial charge in [0.2, 0.25) is 0 Å². The number of unbranched alkanes of at least 4 members (excludes halogenated alkanes) is 6. The van der Waals surface area contributed by atoms with Crippen molar-refractivity contribution in [3.05, 3.63) is 95.8 Å². The van der Waals surface area contributed by atoms with Gasteiger partial charge in [-0.15, -0.1) is 0 Å². The topological polar surface area (TPSA) is 88.1 Å². The Bertz CT molecular complexity index is 1380. The Morgan fingerprint density at radius 1 is 0.740 bits per heavy atom. The number of hydrogen-bond donors (Lipinski definition) is 1. The number of hydrogen-bond acceptors (Lipinski definition) is 7. The van der Waals surface area contributed by atoms with E-state index in [1.807, 2.05) is 52.0 Å². The Kier molecular flexibility index (Phi) is 18.3. The lowest BCUT2D eigenvalue weighted by atomic mass is 9.89. The Balaban J connectivity index is 1.24. The molecule has 0 bridgehead atoms. The summed E-state index contributed by atoms with van der Waals surface area (Å²) in [5.41, 5.74) is 4.02. The summed E-state index contributed by atoms with van der Waals surface area (Å²) in [6, 6.07) is 20.9. The summed E-state index contributed by atoms with van der Waals surface area (Å²) >= 11 is 0. The predicted molar refractivity (Wildman–Crippen MR) is 202 cm³/mol. The minimum Gasteiger partial charge on any atom is -0.494 e. The lowest BCUT2D eigenvalue weighted by Gasteiger charge is -2.19. The van der Waals surface area contributed by atoms with Gasteiger partial charge in [-0.2, -0.15) is 0 Å². The van der Waals surface area contributed by atoms with Crippen molar-refractivity contribution in [2.24, 2.45) is 0 Å². The van der Waals surface area contributed by atoms with Crippen LogP contribution in [0.25, 0.3) is 5.76 Å². The highest BCUT2D eigenvalue weighted by molar-refractivity contribution is 5.68. The van der Waals surface area contributed by atoms with Crippen molar-refractivity contribution in [2.45, 2.75) is 110 Å². The second-order valence-electron chi connectivity index (χ2n) is 13.6. The number of carbonyl (C=O) groups is 1. The Labute approximate surface area is 300 Å². The molecular weight excluding hydrogens is 628 g/mol. The normalized spacial score (nSPS) is 11.9. The highest BCUT2D eigenvalue weighted by Crippen LogP contribution is 2.30. The van der Waals surface area contributed by atoms with Crippen LogP contribution >= 0.6 is 0 Å². The maximum absolute atomic E-state index is 11.6.